The van der Waals surface area contributed by atoms with Crippen molar-refractivity contribution in [3.05, 3.63) is 70.8 Å². The Bertz CT molecular complexity index is 1940. The molecule has 0 unspecified atom stereocenters. The summed E-state index contributed by atoms with van der Waals surface area (Å²) in [5.41, 5.74) is 1.39. The number of hydrogen-bond donors (Lipinski definition) is 1. The summed E-state index contributed by atoms with van der Waals surface area (Å²) in [5.74, 6) is -2.79. The minimum Gasteiger partial charge on any atom is -0.285 e. The second-order valence-electron chi connectivity index (χ2n) is 9.36. The molecule has 7 rings (SSSR count). The lowest BCUT2D eigenvalue weighted by molar-refractivity contribution is 0.0614. The third-order valence-electron chi connectivity index (χ3n) is 7.50. The van der Waals surface area contributed by atoms with Crippen LogP contribution in [0.15, 0.2) is 48.5 Å². The van der Waals surface area contributed by atoms with Crippen LogP contribution < -0.4 is 0 Å². The molecule has 1 N–H and O–H groups in total. The Kier molecular flexibility index (Phi) is 4.06. The molecule has 9 nitrogen and oxygen atoms in total. The Balaban J connectivity index is 1.58. The minimum atomic E-state index is -4.38. The van der Waals surface area contributed by atoms with Crippen LogP contribution in [0.25, 0.3) is 43.1 Å². The van der Waals surface area contributed by atoms with E-state index in [0.29, 0.717) is 27.3 Å². The van der Waals surface area contributed by atoms with E-state index in [4.69, 9.17) is 4.55 Å². The first-order valence-corrected chi connectivity index (χ1v) is 13.0. The summed E-state index contributed by atoms with van der Waals surface area (Å²) in [6.07, 6.45) is 0. The highest BCUT2D eigenvalue weighted by Crippen LogP contribution is 2.46. The number of benzene rings is 5. The molecule has 5 aromatic carbocycles. The minimum absolute atomic E-state index is 0.256. The topological polar surface area (TPSA) is 129 Å². The van der Waals surface area contributed by atoms with Gasteiger partial charge in [-0.05, 0) is 56.6 Å². The third kappa shape index (κ3) is 2.68. The highest BCUT2D eigenvalue weighted by atomic mass is 32.2. The number of nitrogens with zero attached hydrogens (tertiary/aromatic N) is 2. The Morgan fingerprint density at radius 1 is 0.595 bits per heavy atom. The maximum Gasteiger partial charge on any atom is 0.266 e. The van der Waals surface area contributed by atoms with Crippen molar-refractivity contribution in [2.75, 3.05) is 19.3 Å². The SMILES string of the molecule is CN1C(=O)c2ccc3c4ccc5c6c(ccc(c7ccc(c2c37)C1=O)c64)C(=O)N(CCS(=O)(=O)O)C5=O. The van der Waals surface area contributed by atoms with Gasteiger partial charge in [-0.25, -0.2) is 0 Å². The molecule has 0 spiro atoms. The maximum atomic E-state index is 13.3. The zero-order valence-electron chi connectivity index (χ0n) is 19.2. The van der Waals surface area contributed by atoms with Crippen LogP contribution in [0.4, 0.5) is 0 Å². The summed E-state index contributed by atoms with van der Waals surface area (Å²) in [7, 11) is -2.92. The molecule has 0 saturated heterocycles. The summed E-state index contributed by atoms with van der Waals surface area (Å²) in [6.45, 7) is -0.467. The van der Waals surface area contributed by atoms with Crippen LogP contribution in [0.1, 0.15) is 41.4 Å². The van der Waals surface area contributed by atoms with E-state index in [9.17, 15) is 27.6 Å². The van der Waals surface area contributed by atoms with Crippen LogP contribution in [0.3, 0.4) is 0 Å². The van der Waals surface area contributed by atoms with Crippen molar-refractivity contribution in [2.45, 2.75) is 0 Å². The number of amides is 4. The molecule has 0 atom stereocenters. The van der Waals surface area contributed by atoms with Crippen LogP contribution in [0.5, 0.6) is 0 Å². The second-order valence-corrected chi connectivity index (χ2v) is 10.9. The predicted molar refractivity (Wildman–Crippen MR) is 136 cm³/mol. The van der Waals surface area contributed by atoms with Crippen molar-refractivity contribution in [3.63, 3.8) is 0 Å². The smallest absolute Gasteiger partial charge is 0.266 e. The molecule has 2 heterocycles. The molecule has 2 aliphatic rings. The van der Waals surface area contributed by atoms with Crippen molar-refractivity contribution in [3.8, 4) is 0 Å². The summed E-state index contributed by atoms with van der Waals surface area (Å²) in [4.78, 5) is 54.3. The maximum absolute atomic E-state index is 13.3. The largest absolute Gasteiger partial charge is 0.285 e. The van der Waals surface area contributed by atoms with Gasteiger partial charge in [0.25, 0.3) is 33.7 Å². The molecular weight excluding hydrogens is 496 g/mol. The van der Waals surface area contributed by atoms with Gasteiger partial charge in [-0.1, -0.05) is 24.3 Å². The fraction of sp³-hybridized carbons (Fsp3) is 0.111. The van der Waals surface area contributed by atoms with Crippen molar-refractivity contribution < 1.29 is 32.1 Å². The van der Waals surface area contributed by atoms with Crippen LogP contribution in [0.2, 0.25) is 0 Å². The molecule has 182 valence electrons. The molecule has 4 amide bonds. The van der Waals surface area contributed by atoms with Gasteiger partial charge in [-0.3, -0.25) is 33.5 Å². The third-order valence-corrected chi connectivity index (χ3v) is 8.19. The summed E-state index contributed by atoms with van der Waals surface area (Å²) >= 11 is 0. The Hall–Kier alpha value is -4.41. The molecule has 10 heteroatoms. The normalized spacial score (nSPS) is 15.8. The Labute approximate surface area is 208 Å². The number of fused-ring (bicyclic) bond motifs is 2. The van der Waals surface area contributed by atoms with Crippen molar-refractivity contribution in [1.82, 2.24) is 9.80 Å². The van der Waals surface area contributed by atoms with E-state index in [-0.39, 0.29) is 22.9 Å². The van der Waals surface area contributed by atoms with Gasteiger partial charge in [0.2, 0.25) is 0 Å². The average molecular weight is 512 g/mol. The highest BCUT2D eigenvalue weighted by molar-refractivity contribution is 7.85. The molecule has 0 radical (unpaired) electrons. The molecular formula is C27H16N2O7S. The van der Waals surface area contributed by atoms with E-state index in [0.717, 1.165) is 36.7 Å². The summed E-state index contributed by atoms with van der Waals surface area (Å²) in [5, 5.41) is 5.62. The molecule has 0 saturated carbocycles. The van der Waals surface area contributed by atoms with Gasteiger partial charge in [0.05, 0.1) is 5.75 Å². The van der Waals surface area contributed by atoms with E-state index in [1.54, 1.807) is 36.4 Å². The van der Waals surface area contributed by atoms with Crippen LogP contribution >= 0.6 is 0 Å². The van der Waals surface area contributed by atoms with Gasteiger partial charge in [0.1, 0.15) is 0 Å². The standard InChI is InChI=1S/C27H16N2O7S/c1-28-24(30)16-6-2-12-14-4-8-18-23-19(27(33)29(26(18)32)10-11-37(34,35)36)9-5-15(21(14)23)13-3-7-17(25(28)31)22(16)20(12)13/h2-9H,10-11H2,1H3,(H,34,35,36). The molecule has 2 aliphatic heterocycles. The number of imide groups is 2. The van der Waals surface area contributed by atoms with Gasteiger partial charge >= 0.3 is 0 Å². The fourth-order valence-electron chi connectivity index (χ4n) is 5.85. The zero-order valence-corrected chi connectivity index (χ0v) is 20.0. The van der Waals surface area contributed by atoms with Gasteiger partial charge in [-0.2, -0.15) is 8.42 Å². The second kappa shape index (κ2) is 6.87. The molecule has 5 aromatic rings. The van der Waals surface area contributed by atoms with Gasteiger partial charge in [0, 0.05) is 46.6 Å². The van der Waals surface area contributed by atoms with E-state index in [1.165, 1.54) is 7.05 Å². The van der Waals surface area contributed by atoms with Crippen molar-refractivity contribution in [1.29, 1.82) is 0 Å². The summed E-state index contributed by atoms with van der Waals surface area (Å²) in [6, 6.07) is 13.8. The highest BCUT2D eigenvalue weighted by Gasteiger charge is 2.36. The lowest BCUT2D eigenvalue weighted by Gasteiger charge is -2.29. The lowest BCUT2D eigenvalue weighted by Crippen LogP contribution is -2.42. The van der Waals surface area contributed by atoms with Crippen molar-refractivity contribution in [2.24, 2.45) is 0 Å². The number of carbonyl (C=O) groups is 4. The van der Waals surface area contributed by atoms with Gasteiger partial charge in [-0.15, -0.1) is 0 Å². The van der Waals surface area contributed by atoms with E-state index in [2.05, 4.69) is 0 Å². The van der Waals surface area contributed by atoms with E-state index in [1.807, 2.05) is 12.1 Å². The fourth-order valence-corrected chi connectivity index (χ4v) is 6.26. The molecule has 0 aromatic heterocycles. The van der Waals surface area contributed by atoms with Gasteiger partial charge < -0.3 is 0 Å². The molecule has 0 fully saturated rings. The van der Waals surface area contributed by atoms with Gasteiger partial charge in [0.15, 0.2) is 0 Å². The lowest BCUT2D eigenvalue weighted by atomic mass is 9.82. The number of rotatable bonds is 3. The zero-order chi connectivity index (χ0) is 26.0. The summed E-state index contributed by atoms with van der Waals surface area (Å²) < 4.78 is 31.7. The first-order chi connectivity index (χ1) is 17.6. The van der Waals surface area contributed by atoms with Crippen LogP contribution in [-0.2, 0) is 10.1 Å². The van der Waals surface area contributed by atoms with E-state index < -0.39 is 34.2 Å². The monoisotopic (exact) mass is 512 g/mol. The first kappa shape index (κ1) is 21.8. The Morgan fingerprint density at radius 3 is 1.30 bits per heavy atom. The molecule has 0 bridgehead atoms. The Morgan fingerprint density at radius 2 is 0.946 bits per heavy atom. The molecule has 0 aliphatic carbocycles. The number of carbonyl (C=O) groups excluding carboxylic acids is 4. The average Bonchev–Trinajstić information content (AvgIpc) is 2.87. The van der Waals surface area contributed by atoms with E-state index >= 15 is 0 Å². The van der Waals surface area contributed by atoms with Crippen LogP contribution in [0, 0.1) is 0 Å². The first-order valence-electron chi connectivity index (χ1n) is 11.4. The predicted octanol–water partition coefficient (Wildman–Crippen LogP) is 3.45. The quantitative estimate of drug-likeness (QED) is 0.170. The van der Waals surface area contributed by atoms with Crippen molar-refractivity contribution >= 4 is 76.8 Å². The molecule has 37 heavy (non-hydrogen) atoms. The van der Waals surface area contributed by atoms with Crippen LogP contribution in [-0.4, -0.2) is 65.7 Å². The number of hydrogen-bond acceptors (Lipinski definition) is 6.